The monoisotopic (exact) mass is 300 g/mol. The molecule has 1 amide bonds. The van der Waals surface area contributed by atoms with Crippen molar-refractivity contribution < 1.29 is 14.4 Å². The molecule has 0 aliphatic carbocycles. The SMILES string of the molecule is Cc1ccc(C[C@H]2CCN(C(=O)c3cnoc3)C[C@@H]2O)cc1. The molecule has 1 aliphatic rings. The van der Waals surface area contributed by atoms with Crippen molar-refractivity contribution in [3.8, 4) is 0 Å². The molecule has 0 unspecified atom stereocenters. The summed E-state index contributed by atoms with van der Waals surface area (Å²) in [4.78, 5) is 13.9. The van der Waals surface area contributed by atoms with Crippen molar-refractivity contribution in [2.45, 2.75) is 25.9 Å². The molecule has 1 fully saturated rings. The van der Waals surface area contributed by atoms with Crippen LogP contribution in [-0.4, -0.2) is 40.3 Å². The Morgan fingerprint density at radius 3 is 2.82 bits per heavy atom. The van der Waals surface area contributed by atoms with Crippen LogP contribution in [0.2, 0.25) is 0 Å². The number of likely N-dealkylation sites (tertiary alicyclic amines) is 1. The predicted molar refractivity (Wildman–Crippen MR) is 81.4 cm³/mol. The Bertz CT molecular complexity index is 622. The van der Waals surface area contributed by atoms with Gasteiger partial charge in [-0.3, -0.25) is 4.79 Å². The van der Waals surface area contributed by atoms with Crippen LogP contribution in [0.5, 0.6) is 0 Å². The van der Waals surface area contributed by atoms with Gasteiger partial charge in [0.1, 0.15) is 6.26 Å². The van der Waals surface area contributed by atoms with Crippen LogP contribution in [0.25, 0.3) is 0 Å². The molecular formula is C17H20N2O3. The summed E-state index contributed by atoms with van der Waals surface area (Å²) in [5.74, 6) is 0.0586. The number of aromatic nitrogens is 1. The van der Waals surface area contributed by atoms with E-state index in [9.17, 15) is 9.90 Å². The molecule has 116 valence electrons. The first kappa shape index (κ1) is 14.8. The number of nitrogens with zero attached hydrogens (tertiary/aromatic N) is 2. The highest BCUT2D eigenvalue weighted by atomic mass is 16.5. The van der Waals surface area contributed by atoms with Gasteiger partial charge >= 0.3 is 0 Å². The molecule has 1 aromatic carbocycles. The van der Waals surface area contributed by atoms with Crippen LogP contribution in [0.4, 0.5) is 0 Å². The lowest BCUT2D eigenvalue weighted by molar-refractivity contribution is 0.0197. The molecule has 0 saturated carbocycles. The lowest BCUT2D eigenvalue weighted by Gasteiger charge is -2.35. The van der Waals surface area contributed by atoms with Crippen molar-refractivity contribution >= 4 is 5.91 Å². The van der Waals surface area contributed by atoms with Crippen molar-refractivity contribution in [2.75, 3.05) is 13.1 Å². The van der Waals surface area contributed by atoms with Crippen LogP contribution in [0.1, 0.15) is 27.9 Å². The second kappa shape index (κ2) is 6.32. The number of hydrogen-bond acceptors (Lipinski definition) is 4. The number of carbonyl (C=O) groups excluding carboxylic acids is 1. The molecule has 2 aromatic rings. The van der Waals surface area contributed by atoms with Crippen LogP contribution in [-0.2, 0) is 6.42 Å². The molecule has 1 aromatic heterocycles. The number of piperidine rings is 1. The highest BCUT2D eigenvalue weighted by Crippen LogP contribution is 2.23. The van der Waals surface area contributed by atoms with E-state index in [1.165, 1.54) is 23.6 Å². The Morgan fingerprint density at radius 2 is 2.18 bits per heavy atom. The average molecular weight is 300 g/mol. The molecule has 2 atom stereocenters. The smallest absolute Gasteiger partial charge is 0.258 e. The first-order valence-electron chi connectivity index (χ1n) is 7.56. The van der Waals surface area contributed by atoms with E-state index in [0.29, 0.717) is 18.7 Å². The zero-order valence-corrected chi connectivity index (χ0v) is 12.6. The number of hydrogen-bond donors (Lipinski definition) is 1. The van der Waals surface area contributed by atoms with Gasteiger partial charge in [-0.1, -0.05) is 35.0 Å². The van der Waals surface area contributed by atoms with Gasteiger partial charge in [0.15, 0.2) is 0 Å². The summed E-state index contributed by atoms with van der Waals surface area (Å²) >= 11 is 0. The molecule has 0 spiro atoms. The minimum atomic E-state index is -0.501. The third-order valence-electron chi connectivity index (χ3n) is 4.31. The second-order valence-corrected chi connectivity index (χ2v) is 5.97. The van der Waals surface area contributed by atoms with E-state index >= 15 is 0 Å². The number of aryl methyl sites for hydroxylation is 1. The van der Waals surface area contributed by atoms with Crippen LogP contribution in [0.15, 0.2) is 41.2 Å². The van der Waals surface area contributed by atoms with Gasteiger partial charge in [-0.25, -0.2) is 0 Å². The number of aliphatic hydroxyl groups is 1. The normalized spacial score (nSPS) is 21.8. The summed E-state index contributed by atoms with van der Waals surface area (Å²) in [6.07, 6.45) is 3.89. The topological polar surface area (TPSA) is 66.6 Å². The van der Waals surface area contributed by atoms with Gasteiger partial charge in [0.2, 0.25) is 0 Å². The Labute approximate surface area is 129 Å². The van der Waals surface area contributed by atoms with Crippen molar-refractivity contribution in [3.63, 3.8) is 0 Å². The highest BCUT2D eigenvalue weighted by Gasteiger charge is 2.31. The first-order valence-corrected chi connectivity index (χ1v) is 7.56. The zero-order valence-electron chi connectivity index (χ0n) is 12.6. The van der Waals surface area contributed by atoms with Crippen molar-refractivity contribution in [2.24, 2.45) is 5.92 Å². The van der Waals surface area contributed by atoms with Crippen molar-refractivity contribution in [1.82, 2.24) is 10.1 Å². The maximum absolute atomic E-state index is 12.2. The quantitative estimate of drug-likeness (QED) is 0.942. The molecule has 5 nitrogen and oxygen atoms in total. The number of β-amino-alcohol motifs (C(OH)–C–C–N with tert-alkyl or cyclic N) is 1. The minimum absolute atomic E-state index is 0.130. The van der Waals surface area contributed by atoms with E-state index < -0.39 is 6.10 Å². The Balaban J connectivity index is 1.60. The van der Waals surface area contributed by atoms with E-state index in [4.69, 9.17) is 4.52 Å². The molecule has 0 bridgehead atoms. The van der Waals surface area contributed by atoms with Gasteiger partial charge in [0.05, 0.1) is 17.9 Å². The van der Waals surface area contributed by atoms with E-state index in [1.54, 1.807) is 4.90 Å². The maximum atomic E-state index is 12.2. The Kier molecular flexibility index (Phi) is 4.24. The molecule has 0 radical (unpaired) electrons. The van der Waals surface area contributed by atoms with Crippen LogP contribution >= 0.6 is 0 Å². The molecule has 2 heterocycles. The average Bonchev–Trinajstić information content (AvgIpc) is 3.05. The summed E-state index contributed by atoms with van der Waals surface area (Å²) in [7, 11) is 0. The number of amides is 1. The van der Waals surface area contributed by atoms with Gasteiger partial charge in [0, 0.05) is 13.1 Å². The lowest BCUT2D eigenvalue weighted by Crippen LogP contribution is -2.47. The molecular weight excluding hydrogens is 280 g/mol. The van der Waals surface area contributed by atoms with Crippen LogP contribution in [0, 0.1) is 12.8 Å². The summed E-state index contributed by atoms with van der Waals surface area (Å²) in [6, 6.07) is 8.39. The third kappa shape index (κ3) is 3.20. The van der Waals surface area contributed by atoms with E-state index in [-0.39, 0.29) is 11.8 Å². The van der Waals surface area contributed by atoms with Crippen LogP contribution in [0.3, 0.4) is 0 Å². The fourth-order valence-electron chi connectivity index (χ4n) is 2.92. The van der Waals surface area contributed by atoms with Gasteiger partial charge in [-0.2, -0.15) is 0 Å². The Hall–Kier alpha value is -2.14. The molecule has 1 N–H and O–H groups in total. The number of aliphatic hydroxyl groups excluding tert-OH is 1. The fraction of sp³-hybridized carbons (Fsp3) is 0.412. The maximum Gasteiger partial charge on any atom is 0.258 e. The van der Waals surface area contributed by atoms with E-state index in [0.717, 1.165) is 12.8 Å². The lowest BCUT2D eigenvalue weighted by atomic mass is 9.87. The predicted octanol–water partition coefficient (Wildman–Crippen LogP) is 2.05. The van der Waals surface area contributed by atoms with Crippen LogP contribution < -0.4 is 0 Å². The largest absolute Gasteiger partial charge is 0.391 e. The minimum Gasteiger partial charge on any atom is -0.391 e. The number of carbonyl (C=O) groups is 1. The Morgan fingerprint density at radius 1 is 1.41 bits per heavy atom. The fourth-order valence-corrected chi connectivity index (χ4v) is 2.92. The standard InChI is InChI=1S/C17H20N2O3/c1-12-2-4-13(5-3-12)8-14-6-7-19(10-16(14)20)17(21)15-9-18-22-11-15/h2-5,9,11,14,16,20H,6-8,10H2,1H3/t14-,16+/m1/s1. The zero-order chi connectivity index (χ0) is 15.5. The summed E-state index contributed by atoms with van der Waals surface area (Å²) in [5.41, 5.74) is 2.90. The summed E-state index contributed by atoms with van der Waals surface area (Å²) in [6.45, 7) is 3.07. The molecule has 1 saturated heterocycles. The molecule has 22 heavy (non-hydrogen) atoms. The summed E-state index contributed by atoms with van der Waals surface area (Å²) < 4.78 is 4.70. The molecule has 5 heteroatoms. The summed E-state index contributed by atoms with van der Waals surface area (Å²) in [5, 5.41) is 13.9. The van der Waals surface area contributed by atoms with Gasteiger partial charge in [-0.15, -0.1) is 0 Å². The highest BCUT2D eigenvalue weighted by molar-refractivity contribution is 5.93. The van der Waals surface area contributed by atoms with Gasteiger partial charge in [-0.05, 0) is 31.2 Å². The number of benzene rings is 1. The van der Waals surface area contributed by atoms with E-state index in [1.807, 2.05) is 0 Å². The molecule has 1 aliphatic heterocycles. The van der Waals surface area contributed by atoms with Gasteiger partial charge < -0.3 is 14.5 Å². The van der Waals surface area contributed by atoms with Gasteiger partial charge in [0.25, 0.3) is 5.91 Å². The third-order valence-corrected chi connectivity index (χ3v) is 4.31. The molecule has 3 rings (SSSR count). The van der Waals surface area contributed by atoms with Crippen molar-refractivity contribution in [1.29, 1.82) is 0 Å². The number of rotatable bonds is 3. The first-order chi connectivity index (χ1) is 10.6. The van der Waals surface area contributed by atoms with Crippen molar-refractivity contribution in [3.05, 3.63) is 53.4 Å². The van der Waals surface area contributed by atoms with E-state index in [2.05, 4.69) is 36.3 Å². The second-order valence-electron chi connectivity index (χ2n) is 5.97.